The first-order valence-electron chi connectivity index (χ1n) is 7.36. The maximum Gasteiger partial charge on any atom is 0.235 e. The van der Waals surface area contributed by atoms with Crippen LogP contribution in [0.3, 0.4) is 0 Å². The molecule has 0 unspecified atom stereocenters. The summed E-state index contributed by atoms with van der Waals surface area (Å²) >= 11 is 0. The first kappa shape index (κ1) is 16.8. The number of carbonyl (C=O) groups is 1. The fraction of sp³-hybridized carbons (Fsp3) is 0.333. The average Bonchev–Trinajstić information content (AvgIpc) is 2.54. The van der Waals surface area contributed by atoms with Crippen LogP contribution in [-0.2, 0) is 10.2 Å². The van der Waals surface area contributed by atoms with Crippen LogP contribution in [0.5, 0.6) is 11.5 Å². The summed E-state index contributed by atoms with van der Waals surface area (Å²) < 4.78 is 10.6. The number of benzene rings is 1. The number of hydrogen-bond donors (Lipinski definition) is 1. The molecule has 122 valence electrons. The number of carbonyl (C=O) groups excluding carboxylic acids is 1. The van der Waals surface area contributed by atoms with Gasteiger partial charge in [-0.3, -0.25) is 4.79 Å². The maximum atomic E-state index is 12.7. The van der Waals surface area contributed by atoms with Gasteiger partial charge in [0.15, 0.2) is 11.5 Å². The summed E-state index contributed by atoms with van der Waals surface area (Å²) in [5, 5.41) is 2.87. The van der Waals surface area contributed by atoms with Crippen molar-refractivity contribution in [1.82, 2.24) is 4.98 Å². The molecular formula is C18H22N2O3. The SMILES string of the molecule is COc1ccc(C(C)(C)C(=O)Nc2cccc(C)n2)cc1OC. The van der Waals surface area contributed by atoms with Crippen molar-refractivity contribution in [2.45, 2.75) is 26.2 Å². The van der Waals surface area contributed by atoms with E-state index in [-0.39, 0.29) is 5.91 Å². The van der Waals surface area contributed by atoms with Crippen molar-refractivity contribution >= 4 is 11.7 Å². The van der Waals surface area contributed by atoms with Gasteiger partial charge in [0.05, 0.1) is 19.6 Å². The fourth-order valence-electron chi connectivity index (χ4n) is 2.24. The van der Waals surface area contributed by atoms with Crippen LogP contribution in [0.4, 0.5) is 5.82 Å². The molecule has 1 N–H and O–H groups in total. The van der Waals surface area contributed by atoms with E-state index in [0.29, 0.717) is 17.3 Å². The molecule has 1 aromatic heterocycles. The third-order valence-electron chi connectivity index (χ3n) is 3.80. The van der Waals surface area contributed by atoms with Gasteiger partial charge >= 0.3 is 0 Å². The summed E-state index contributed by atoms with van der Waals surface area (Å²) in [4.78, 5) is 17.0. The lowest BCUT2D eigenvalue weighted by atomic mass is 9.83. The van der Waals surface area contributed by atoms with Gasteiger partial charge in [0, 0.05) is 5.69 Å². The highest BCUT2D eigenvalue weighted by Gasteiger charge is 2.31. The second kappa shape index (κ2) is 6.69. The van der Waals surface area contributed by atoms with Crippen molar-refractivity contribution in [2.24, 2.45) is 0 Å². The largest absolute Gasteiger partial charge is 0.493 e. The zero-order valence-corrected chi connectivity index (χ0v) is 14.1. The number of amides is 1. The minimum absolute atomic E-state index is 0.136. The zero-order valence-electron chi connectivity index (χ0n) is 14.1. The van der Waals surface area contributed by atoms with E-state index >= 15 is 0 Å². The molecule has 0 radical (unpaired) electrons. The van der Waals surface area contributed by atoms with Crippen LogP contribution in [0, 0.1) is 6.92 Å². The smallest absolute Gasteiger partial charge is 0.235 e. The molecule has 0 saturated heterocycles. The van der Waals surface area contributed by atoms with Crippen molar-refractivity contribution in [1.29, 1.82) is 0 Å². The van der Waals surface area contributed by atoms with E-state index in [1.165, 1.54) is 0 Å². The number of aromatic nitrogens is 1. The van der Waals surface area contributed by atoms with E-state index in [2.05, 4.69) is 10.3 Å². The molecule has 2 rings (SSSR count). The van der Waals surface area contributed by atoms with Crippen molar-refractivity contribution < 1.29 is 14.3 Å². The van der Waals surface area contributed by atoms with Gasteiger partial charge in [-0.05, 0) is 50.6 Å². The lowest BCUT2D eigenvalue weighted by molar-refractivity contribution is -0.120. The van der Waals surface area contributed by atoms with Crippen molar-refractivity contribution in [3.8, 4) is 11.5 Å². The van der Waals surface area contributed by atoms with Gasteiger partial charge in [-0.2, -0.15) is 0 Å². The predicted molar refractivity (Wildman–Crippen MR) is 90.2 cm³/mol. The van der Waals surface area contributed by atoms with Gasteiger partial charge in [0.2, 0.25) is 5.91 Å². The number of aryl methyl sites for hydroxylation is 1. The second-order valence-corrected chi connectivity index (χ2v) is 5.81. The Balaban J connectivity index is 2.28. The Kier molecular flexibility index (Phi) is 4.89. The van der Waals surface area contributed by atoms with E-state index in [4.69, 9.17) is 9.47 Å². The number of ether oxygens (including phenoxy) is 2. The summed E-state index contributed by atoms with van der Waals surface area (Å²) in [6.07, 6.45) is 0. The van der Waals surface area contributed by atoms with Gasteiger partial charge in [0.25, 0.3) is 0 Å². The number of pyridine rings is 1. The lowest BCUT2D eigenvalue weighted by Gasteiger charge is -2.25. The zero-order chi connectivity index (χ0) is 17.0. The number of rotatable bonds is 5. The standard InChI is InChI=1S/C18H22N2O3/c1-12-7-6-8-16(19-12)20-17(21)18(2,3)13-9-10-14(22-4)15(11-13)23-5/h6-11H,1-5H3,(H,19,20,21). The Bertz CT molecular complexity index is 711. The first-order valence-corrected chi connectivity index (χ1v) is 7.36. The molecule has 5 nitrogen and oxygen atoms in total. The van der Waals surface area contributed by atoms with Crippen molar-refractivity contribution in [3.05, 3.63) is 47.7 Å². The van der Waals surface area contributed by atoms with Gasteiger partial charge < -0.3 is 14.8 Å². The number of methoxy groups -OCH3 is 2. The molecule has 0 aliphatic heterocycles. The van der Waals surface area contributed by atoms with Gasteiger partial charge in [-0.25, -0.2) is 4.98 Å². The highest BCUT2D eigenvalue weighted by Crippen LogP contribution is 2.33. The Labute approximate surface area is 136 Å². The topological polar surface area (TPSA) is 60.5 Å². The highest BCUT2D eigenvalue weighted by atomic mass is 16.5. The Hall–Kier alpha value is -2.56. The van der Waals surface area contributed by atoms with E-state index in [1.54, 1.807) is 26.4 Å². The van der Waals surface area contributed by atoms with Gasteiger partial charge in [0.1, 0.15) is 5.82 Å². The van der Waals surface area contributed by atoms with Crippen LogP contribution < -0.4 is 14.8 Å². The molecular weight excluding hydrogens is 292 g/mol. The van der Waals surface area contributed by atoms with Crippen LogP contribution in [-0.4, -0.2) is 25.1 Å². The van der Waals surface area contributed by atoms with Crippen LogP contribution in [0.1, 0.15) is 25.1 Å². The van der Waals surface area contributed by atoms with E-state index in [9.17, 15) is 4.79 Å². The number of hydrogen-bond acceptors (Lipinski definition) is 4. The normalized spacial score (nSPS) is 11.0. The minimum atomic E-state index is -0.745. The second-order valence-electron chi connectivity index (χ2n) is 5.81. The molecule has 0 atom stereocenters. The van der Waals surface area contributed by atoms with Crippen molar-refractivity contribution in [2.75, 3.05) is 19.5 Å². The molecule has 0 saturated carbocycles. The number of nitrogens with zero attached hydrogens (tertiary/aromatic N) is 1. The Morgan fingerprint density at radius 2 is 1.78 bits per heavy atom. The Morgan fingerprint density at radius 3 is 2.39 bits per heavy atom. The summed E-state index contributed by atoms with van der Waals surface area (Å²) in [7, 11) is 3.16. The monoisotopic (exact) mass is 314 g/mol. The molecule has 2 aromatic rings. The quantitative estimate of drug-likeness (QED) is 0.919. The molecule has 5 heteroatoms. The molecule has 0 spiro atoms. The minimum Gasteiger partial charge on any atom is -0.493 e. The summed E-state index contributed by atoms with van der Waals surface area (Å²) in [6.45, 7) is 5.61. The van der Waals surface area contributed by atoms with Crippen molar-refractivity contribution in [3.63, 3.8) is 0 Å². The number of anilines is 1. The maximum absolute atomic E-state index is 12.7. The molecule has 0 bridgehead atoms. The number of nitrogens with one attached hydrogen (secondary N) is 1. The molecule has 0 aliphatic rings. The van der Waals surface area contributed by atoms with E-state index in [1.807, 2.05) is 45.0 Å². The Morgan fingerprint density at radius 1 is 1.09 bits per heavy atom. The molecule has 23 heavy (non-hydrogen) atoms. The molecule has 1 heterocycles. The average molecular weight is 314 g/mol. The van der Waals surface area contributed by atoms with Gasteiger partial charge in [-0.1, -0.05) is 12.1 Å². The third kappa shape index (κ3) is 3.62. The third-order valence-corrected chi connectivity index (χ3v) is 3.80. The lowest BCUT2D eigenvalue weighted by Crippen LogP contribution is -2.35. The van der Waals surface area contributed by atoms with E-state index < -0.39 is 5.41 Å². The summed E-state index contributed by atoms with van der Waals surface area (Å²) in [6, 6.07) is 11.0. The highest BCUT2D eigenvalue weighted by molar-refractivity contribution is 5.98. The first-order chi connectivity index (χ1) is 10.9. The fourth-order valence-corrected chi connectivity index (χ4v) is 2.24. The van der Waals surface area contributed by atoms with Crippen LogP contribution in [0.2, 0.25) is 0 Å². The summed E-state index contributed by atoms with van der Waals surface area (Å²) in [5.74, 6) is 1.64. The molecule has 0 aliphatic carbocycles. The van der Waals surface area contributed by atoms with Crippen LogP contribution in [0.15, 0.2) is 36.4 Å². The van der Waals surface area contributed by atoms with Gasteiger partial charge in [-0.15, -0.1) is 0 Å². The van der Waals surface area contributed by atoms with E-state index in [0.717, 1.165) is 11.3 Å². The van der Waals surface area contributed by atoms with Crippen LogP contribution >= 0.6 is 0 Å². The molecule has 1 amide bonds. The predicted octanol–water partition coefficient (Wildman–Crippen LogP) is 3.32. The molecule has 1 aromatic carbocycles. The summed E-state index contributed by atoms with van der Waals surface area (Å²) in [5.41, 5.74) is 0.942. The van der Waals surface area contributed by atoms with Crippen LogP contribution in [0.25, 0.3) is 0 Å². The molecule has 0 fully saturated rings.